The van der Waals surface area contributed by atoms with Gasteiger partial charge in [-0.25, -0.2) is 0 Å². The van der Waals surface area contributed by atoms with Gasteiger partial charge in [-0.3, -0.25) is 4.79 Å². The van der Waals surface area contributed by atoms with Gasteiger partial charge in [-0.05, 0) is 11.5 Å². The molecule has 1 aromatic carbocycles. The van der Waals surface area contributed by atoms with Gasteiger partial charge in [0.15, 0.2) is 0 Å². The lowest BCUT2D eigenvalue weighted by Gasteiger charge is -2.35. The Kier molecular flexibility index (Phi) is 4.56. The van der Waals surface area contributed by atoms with Crippen LogP contribution in [0.25, 0.3) is 0 Å². The molecule has 1 fully saturated rings. The van der Waals surface area contributed by atoms with Crippen molar-refractivity contribution in [1.82, 2.24) is 4.90 Å². The van der Waals surface area contributed by atoms with Crippen LogP contribution < -0.4 is 5.73 Å². The maximum atomic E-state index is 12.3. The lowest BCUT2D eigenvalue weighted by Crippen LogP contribution is -2.51. The van der Waals surface area contributed by atoms with Crippen molar-refractivity contribution in [2.75, 3.05) is 19.7 Å². The molecule has 4 heteroatoms. The van der Waals surface area contributed by atoms with Crippen LogP contribution >= 0.6 is 0 Å². The summed E-state index contributed by atoms with van der Waals surface area (Å²) in [5.74, 6) is 0.185. The van der Waals surface area contributed by atoms with Crippen LogP contribution in [0.3, 0.4) is 0 Å². The average Bonchev–Trinajstić information content (AvgIpc) is 2.46. The zero-order valence-corrected chi connectivity index (χ0v) is 11.6. The Morgan fingerprint density at radius 1 is 1.37 bits per heavy atom. The van der Waals surface area contributed by atoms with Crippen molar-refractivity contribution in [3.05, 3.63) is 35.9 Å². The van der Waals surface area contributed by atoms with Crippen molar-refractivity contribution in [3.8, 4) is 0 Å². The number of benzene rings is 1. The highest BCUT2D eigenvalue weighted by atomic mass is 16.5. The van der Waals surface area contributed by atoms with Crippen LogP contribution in [0.1, 0.15) is 25.5 Å². The number of ether oxygens (including phenoxy) is 1. The fourth-order valence-corrected chi connectivity index (χ4v) is 2.21. The molecule has 2 N–H and O–H groups in total. The molecule has 104 valence electrons. The molecule has 0 bridgehead atoms. The number of carbonyl (C=O) groups excluding carboxylic acids is 1. The van der Waals surface area contributed by atoms with E-state index in [4.69, 9.17) is 10.5 Å². The number of rotatable bonds is 3. The first kappa shape index (κ1) is 14.0. The molecule has 1 amide bonds. The van der Waals surface area contributed by atoms with Crippen molar-refractivity contribution in [3.63, 3.8) is 0 Å². The summed E-state index contributed by atoms with van der Waals surface area (Å²) in [5, 5.41) is 0. The Bertz CT molecular complexity index is 419. The molecule has 1 heterocycles. The minimum Gasteiger partial charge on any atom is -0.370 e. The first-order chi connectivity index (χ1) is 9.09. The molecule has 0 spiro atoms. The number of morpholine rings is 1. The molecule has 1 unspecified atom stereocenters. The number of amides is 1. The van der Waals surface area contributed by atoms with E-state index in [0.717, 1.165) is 5.56 Å². The lowest BCUT2D eigenvalue weighted by atomic mass is 10.0. The molecule has 0 radical (unpaired) electrons. The normalized spacial score (nSPS) is 21.5. The standard InChI is InChI=1S/C15H22N2O2/c1-11(2)14(16)15(18)17-8-9-19-13(10-17)12-6-4-3-5-7-12/h3-7,11,13-14H,8-10,16H2,1-2H3/t13?,14-/m0/s1. The first-order valence-electron chi connectivity index (χ1n) is 6.80. The predicted octanol–water partition coefficient (Wildman–Crippen LogP) is 1.57. The summed E-state index contributed by atoms with van der Waals surface area (Å²) < 4.78 is 5.75. The van der Waals surface area contributed by atoms with Gasteiger partial charge in [0.05, 0.1) is 19.2 Å². The summed E-state index contributed by atoms with van der Waals surface area (Å²) in [7, 11) is 0. The lowest BCUT2D eigenvalue weighted by molar-refractivity contribution is -0.141. The van der Waals surface area contributed by atoms with E-state index in [2.05, 4.69) is 0 Å². The Hall–Kier alpha value is -1.39. The highest BCUT2D eigenvalue weighted by Gasteiger charge is 2.29. The second kappa shape index (κ2) is 6.17. The first-order valence-corrected chi connectivity index (χ1v) is 6.80. The molecule has 0 aliphatic carbocycles. The Labute approximate surface area is 114 Å². The third kappa shape index (κ3) is 3.33. The monoisotopic (exact) mass is 262 g/mol. The van der Waals surface area contributed by atoms with Crippen molar-refractivity contribution in [1.29, 1.82) is 0 Å². The predicted molar refractivity (Wildman–Crippen MR) is 74.5 cm³/mol. The van der Waals surface area contributed by atoms with E-state index in [1.54, 1.807) is 0 Å². The number of hydrogen-bond acceptors (Lipinski definition) is 3. The highest BCUT2D eigenvalue weighted by Crippen LogP contribution is 2.22. The summed E-state index contributed by atoms with van der Waals surface area (Å²) >= 11 is 0. The zero-order valence-electron chi connectivity index (χ0n) is 11.6. The Balaban J connectivity index is 2.03. The molecule has 1 aromatic rings. The van der Waals surface area contributed by atoms with Gasteiger partial charge in [-0.2, -0.15) is 0 Å². The van der Waals surface area contributed by atoms with E-state index in [0.29, 0.717) is 19.7 Å². The third-order valence-corrected chi connectivity index (χ3v) is 3.55. The molecule has 0 saturated carbocycles. The maximum Gasteiger partial charge on any atom is 0.239 e. The number of hydrogen-bond donors (Lipinski definition) is 1. The second-order valence-corrected chi connectivity index (χ2v) is 5.32. The van der Waals surface area contributed by atoms with Crippen molar-refractivity contribution in [2.45, 2.75) is 26.0 Å². The number of carbonyl (C=O) groups is 1. The van der Waals surface area contributed by atoms with Gasteiger partial charge in [0.25, 0.3) is 0 Å². The summed E-state index contributed by atoms with van der Waals surface area (Å²) in [4.78, 5) is 14.1. The molecule has 0 aromatic heterocycles. The summed E-state index contributed by atoms with van der Waals surface area (Å²) in [5.41, 5.74) is 7.05. The molecule has 2 atom stereocenters. The van der Waals surface area contributed by atoms with Gasteiger partial charge in [-0.1, -0.05) is 44.2 Å². The average molecular weight is 262 g/mol. The highest BCUT2D eigenvalue weighted by molar-refractivity contribution is 5.82. The summed E-state index contributed by atoms with van der Waals surface area (Å²) in [6.45, 7) is 5.72. The van der Waals surface area contributed by atoms with E-state index in [1.807, 2.05) is 49.1 Å². The van der Waals surface area contributed by atoms with Crippen LogP contribution in [0.5, 0.6) is 0 Å². The van der Waals surface area contributed by atoms with Crippen LogP contribution in [0.4, 0.5) is 0 Å². The van der Waals surface area contributed by atoms with Crippen LogP contribution in [0.15, 0.2) is 30.3 Å². The Morgan fingerprint density at radius 3 is 2.68 bits per heavy atom. The molecule has 19 heavy (non-hydrogen) atoms. The number of nitrogens with two attached hydrogens (primary N) is 1. The molecular weight excluding hydrogens is 240 g/mol. The van der Waals surface area contributed by atoms with Gasteiger partial charge in [-0.15, -0.1) is 0 Å². The molecule has 4 nitrogen and oxygen atoms in total. The Morgan fingerprint density at radius 2 is 2.05 bits per heavy atom. The van der Waals surface area contributed by atoms with Gasteiger partial charge in [0, 0.05) is 6.54 Å². The fraction of sp³-hybridized carbons (Fsp3) is 0.533. The smallest absolute Gasteiger partial charge is 0.239 e. The fourth-order valence-electron chi connectivity index (χ4n) is 2.21. The SMILES string of the molecule is CC(C)[C@H](N)C(=O)N1CCOC(c2ccccc2)C1. The van der Waals surface area contributed by atoms with Gasteiger partial charge in [0.2, 0.25) is 5.91 Å². The third-order valence-electron chi connectivity index (χ3n) is 3.55. The molecule has 1 aliphatic rings. The zero-order chi connectivity index (χ0) is 13.8. The van der Waals surface area contributed by atoms with Crippen LogP contribution in [-0.2, 0) is 9.53 Å². The minimum absolute atomic E-state index is 0.0271. The van der Waals surface area contributed by atoms with Crippen LogP contribution in [0.2, 0.25) is 0 Å². The second-order valence-electron chi connectivity index (χ2n) is 5.32. The van der Waals surface area contributed by atoms with E-state index < -0.39 is 6.04 Å². The molecule has 1 saturated heterocycles. The summed E-state index contributed by atoms with van der Waals surface area (Å²) in [6.07, 6.45) is -0.0433. The van der Waals surface area contributed by atoms with E-state index >= 15 is 0 Å². The van der Waals surface area contributed by atoms with E-state index in [9.17, 15) is 4.79 Å². The van der Waals surface area contributed by atoms with E-state index in [1.165, 1.54) is 0 Å². The van der Waals surface area contributed by atoms with E-state index in [-0.39, 0.29) is 17.9 Å². The molecule has 2 rings (SSSR count). The quantitative estimate of drug-likeness (QED) is 0.899. The summed E-state index contributed by atoms with van der Waals surface area (Å²) in [6, 6.07) is 9.58. The topological polar surface area (TPSA) is 55.6 Å². The molecule has 1 aliphatic heterocycles. The van der Waals surface area contributed by atoms with Crippen molar-refractivity contribution >= 4 is 5.91 Å². The van der Waals surface area contributed by atoms with Gasteiger partial charge < -0.3 is 15.4 Å². The minimum atomic E-state index is -0.422. The van der Waals surface area contributed by atoms with Gasteiger partial charge in [0.1, 0.15) is 6.10 Å². The van der Waals surface area contributed by atoms with Gasteiger partial charge >= 0.3 is 0 Å². The number of nitrogens with zero attached hydrogens (tertiary/aromatic N) is 1. The maximum absolute atomic E-state index is 12.3. The molecular formula is C15H22N2O2. The van der Waals surface area contributed by atoms with Crippen molar-refractivity contribution < 1.29 is 9.53 Å². The van der Waals surface area contributed by atoms with Crippen molar-refractivity contribution in [2.24, 2.45) is 11.7 Å². The van der Waals surface area contributed by atoms with Crippen LogP contribution in [-0.4, -0.2) is 36.5 Å². The largest absolute Gasteiger partial charge is 0.370 e. The van der Waals surface area contributed by atoms with Crippen LogP contribution in [0, 0.1) is 5.92 Å².